The molecule has 0 fully saturated rings. The van der Waals surface area contributed by atoms with E-state index in [2.05, 4.69) is 5.32 Å². The van der Waals surface area contributed by atoms with Crippen molar-refractivity contribution in [2.75, 3.05) is 11.9 Å². The Morgan fingerprint density at radius 2 is 1.90 bits per heavy atom. The molecule has 0 aliphatic heterocycles. The van der Waals surface area contributed by atoms with Crippen LogP contribution in [0.4, 0.5) is 10.1 Å². The summed E-state index contributed by atoms with van der Waals surface area (Å²) in [6.07, 6.45) is 0. The van der Waals surface area contributed by atoms with Crippen molar-refractivity contribution < 1.29 is 13.9 Å². The van der Waals surface area contributed by atoms with E-state index in [1.54, 1.807) is 24.3 Å². The molecule has 20 heavy (non-hydrogen) atoms. The molecule has 0 spiro atoms. The highest BCUT2D eigenvalue weighted by Gasteiger charge is 2.08. The summed E-state index contributed by atoms with van der Waals surface area (Å²) in [5.41, 5.74) is 0.0113. The van der Waals surface area contributed by atoms with Crippen LogP contribution in [-0.2, 0) is 4.79 Å². The molecule has 0 atom stereocenters. The lowest BCUT2D eigenvalue weighted by molar-refractivity contribution is -0.118. The molecule has 0 radical (unpaired) electrons. The highest BCUT2D eigenvalue weighted by molar-refractivity contribution is 6.31. The molecule has 1 amide bonds. The van der Waals surface area contributed by atoms with E-state index in [1.807, 2.05) is 0 Å². The van der Waals surface area contributed by atoms with Crippen LogP contribution in [0.25, 0.3) is 0 Å². The summed E-state index contributed by atoms with van der Waals surface area (Å²) in [6.45, 7) is -0.258. The highest BCUT2D eigenvalue weighted by Crippen LogP contribution is 2.20. The van der Waals surface area contributed by atoms with E-state index in [-0.39, 0.29) is 12.3 Å². The zero-order valence-corrected chi connectivity index (χ0v) is 11.7. The van der Waals surface area contributed by atoms with Gasteiger partial charge in [0.2, 0.25) is 0 Å². The van der Waals surface area contributed by atoms with Crippen LogP contribution in [0, 0.1) is 5.82 Å². The monoisotopic (exact) mass is 313 g/mol. The van der Waals surface area contributed by atoms with Gasteiger partial charge in [0.25, 0.3) is 5.91 Å². The van der Waals surface area contributed by atoms with Gasteiger partial charge in [-0.1, -0.05) is 29.3 Å². The summed E-state index contributed by atoms with van der Waals surface area (Å²) in [4.78, 5) is 11.7. The summed E-state index contributed by atoms with van der Waals surface area (Å²) in [5.74, 6) is -0.601. The Labute approximate surface area is 125 Å². The lowest BCUT2D eigenvalue weighted by Crippen LogP contribution is -2.20. The van der Waals surface area contributed by atoms with Gasteiger partial charge in [-0.15, -0.1) is 0 Å². The molecule has 0 heterocycles. The van der Waals surface area contributed by atoms with Gasteiger partial charge >= 0.3 is 0 Å². The van der Waals surface area contributed by atoms with E-state index in [1.165, 1.54) is 18.2 Å². The highest BCUT2D eigenvalue weighted by atomic mass is 35.5. The molecule has 1 N–H and O–H groups in total. The number of rotatable bonds is 4. The fraction of sp³-hybridized carbons (Fsp3) is 0.0714. The van der Waals surface area contributed by atoms with Gasteiger partial charge in [0, 0.05) is 10.0 Å². The van der Waals surface area contributed by atoms with E-state index in [9.17, 15) is 9.18 Å². The van der Waals surface area contributed by atoms with Crippen molar-refractivity contribution in [2.24, 2.45) is 0 Å². The van der Waals surface area contributed by atoms with Crippen molar-refractivity contribution >= 4 is 34.8 Å². The molecule has 0 saturated carbocycles. The first kappa shape index (κ1) is 14.6. The third-order valence-corrected chi connectivity index (χ3v) is 2.84. The van der Waals surface area contributed by atoms with Gasteiger partial charge in [-0.2, -0.15) is 0 Å². The molecule has 0 saturated heterocycles. The number of hydrogen-bond acceptors (Lipinski definition) is 2. The number of carbonyl (C=O) groups excluding carboxylic acids is 1. The van der Waals surface area contributed by atoms with Crippen LogP contribution in [0.2, 0.25) is 10.0 Å². The van der Waals surface area contributed by atoms with Gasteiger partial charge in [0.1, 0.15) is 11.6 Å². The maximum absolute atomic E-state index is 13.4. The Balaban J connectivity index is 1.94. The van der Waals surface area contributed by atoms with E-state index in [0.717, 1.165) is 0 Å². The fourth-order valence-corrected chi connectivity index (χ4v) is 1.84. The van der Waals surface area contributed by atoms with Gasteiger partial charge in [-0.25, -0.2) is 4.39 Å². The second-order valence-electron chi connectivity index (χ2n) is 3.92. The Morgan fingerprint density at radius 1 is 1.15 bits per heavy atom. The number of hydrogen-bond donors (Lipinski definition) is 1. The predicted molar refractivity (Wildman–Crippen MR) is 77.0 cm³/mol. The Hall–Kier alpha value is -1.78. The summed E-state index contributed by atoms with van der Waals surface area (Å²) >= 11 is 11.5. The molecule has 6 heteroatoms. The maximum Gasteiger partial charge on any atom is 0.262 e. The first-order chi connectivity index (χ1) is 9.54. The molecular weight excluding hydrogens is 304 g/mol. The number of anilines is 1. The van der Waals surface area contributed by atoms with Gasteiger partial charge in [0.15, 0.2) is 6.61 Å². The summed E-state index contributed by atoms with van der Waals surface area (Å²) in [5, 5.41) is 3.21. The van der Waals surface area contributed by atoms with Crippen LogP contribution in [0.5, 0.6) is 5.75 Å². The van der Waals surface area contributed by atoms with E-state index in [4.69, 9.17) is 27.9 Å². The summed E-state index contributed by atoms with van der Waals surface area (Å²) in [7, 11) is 0. The van der Waals surface area contributed by atoms with Gasteiger partial charge in [0.05, 0.1) is 5.69 Å². The number of carbonyl (C=O) groups is 1. The minimum absolute atomic E-state index is 0.0113. The number of halogens is 3. The number of amides is 1. The Morgan fingerprint density at radius 3 is 2.65 bits per heavy atom. The second kappa shape index (κ2) is 6.59. The molecular formula is C14H10Cl2FNO2. The minimum atomic E-state index is -0.564. The fourth-order valence-electron chi connectivity index (χ4n) is 1.49. The predicted octanol–water partition coefficient (Wildman–Crippen LogP) is 4.15. The quantitative estimate of drug-likeness (QED) is 0.920. The van der Waals surface area contributed by atoms with Crippen molar-refractivity contribution in [1.82, 2.24) is 0 Å². The molecule has 0 unspecified atom stereocenters. The van der Waals surface area contributed by atoms with Crippen LogP contribution in [0.3, 0.4) is 0 Å². The first-order valence-electron chi connectivity index (χ1n) is 5.68. The van der Waals surface area contributed by atoms with Crippen LogP contribution in [0.1, 0.15) is 0 Å². The molecule has 2 aromatic carbocycles. The Bertz CT molecular complexity index is 634. The summed E-state index contributed by atoms with van der Waals surface area (Å²) < 4.78 is 18.7. The SMILES string of the molecule is O=C(COc1cccc(Cl)c1)Nc1cc(Cl)ccc1F. The molecule has 3 nitrogen and oxygen atoms in total. The smallest absolute Gasteiger partial charge is 0.262 e. The largest absolute Gasteiger partial charge is 0.484 e. The number of benzene rings is 2. The van der Waals surface area contributed by atoms with Gasteiger partial charge in [-0.05, 0) is 36.4 Å². The molecule has 2 rings (SSSR count). The second-order valence-corrected chi connectivity index (χ2v) is 4.79. The first-order valence-corrected chi connectivity index (χ1v) is 6.43. The maximum atomic E-state index is 13.4. The van der Waals surface area contributed by atoms with Crippen LogP contribution < -0.4 is 10.1 Å². The van der Waals surface area contributed by atoms with Crippen molar-refractivity contribution in [3.05, 3.63) is 58.3 Å². The average molecular weight is 314 g/mol. The molecule has 0 aliphatic carbocycles. The average Bonchev–Trinajstić information content (AvgIpc) is 2.41. The zero-order chi connectivity index (χ0) is 14.5. The van der Waals surface area contributed by atoms with Crippen molar-refractivity contribution in [3.8, 4) is 5.75 Å². The number of ether oxygens (including phenoxy) is 1. The van der Waals surface area contributed by atoms with E-state index >= 15 is 0 Å². The topological polar surface area (TPSA) is 38.3 Å². The van der Waals surface area contributed by atoms with Crippen LogP contribution in [0.15, 0.2) is 42.5 Å². The van der Waals surface area contributed by atoms with Gasteiger partial charge < -0.3 is 10.1 Å². The standard InChI is InChI=1S/C14H10Cl2FNO2/c15-9-2-1-3-11(6-9)20-8-14(19)18-13-7-10(16)4-5-12(13)17/h1-7H,8H2,(H,18,19). The van der Waals surface area contributed by atoms with Crippen molar-refractivity contribution in [3.63, 3.8) is 0 Å². The third kappa shape index (κ3) is 4.11. The summed E-state index contributed by atoms with van der Waals surface area (Å²) in [6, 6.07) is 10.5. The molecule has 0 bridgehead atoms. The molecule has 0 aliphatic rings. The minimum Gasteiger partial charge on any atom is -0.484 e. The zero-order valence-electron chi connectivity index (χ0n) is 10.2. The third-order valence-electron chi connectivity index (χ3n) is 2.37. The lowest BCUT2D eigenvalue weighted by Gasteiger charge is -2.08. The Kier molecular flexibility index (Phi) is 4.82. The van der Waals surface area contributed by atoms with Crippen LogP contribution >= 0.6 is 23.2 Å². The molecule has 0 aromatic heterocycles. The van der Waals surface area contributed by atoms with Gasteiger partial charge in [-0.3, -0.25) is 4.79 Å². The van der Waals surface area contributed by atoms with E-state index in [0.29, 0.717) is 15.8 Å². The molecule has 2 aromatic rings. The normalized spacial score (nSPS) is 10.2. The lowest BCUT2D eigenvalue weighted by atomic mass is 10.3. The van der Waals surface area contributed by atoms with Crippen molar-refractivity contribution in [2.45, 2.75) is 0 Å². The number of nitrogens with one attached hydrogen (secondary N) is 1. The molecule has 104 valence electrons. The van der Waals surface area contributed by atoms with Crippen molar-refractivity contribution in [1.29, 1.82) is 0 Å². The van der Waals surface area contributed by atoms with E-state index < -0.39 is 11.7 Å². The van der Waals surface area contributed by atoms with Crippen LogP contribution in [-0.4, -0.2) is 12.5 Å².